The Morgan fingerprint density at radius 2 is 2.06 bits per heavy atom. The van der Waals surface area contributed by atoms with Crippen LogP contribution in [0.4, 0.5) is 4.39 Å². The van der Waals surface area contributed by atoms with Gasteiger partial charge in [-0.1, -0.05) is 6.92 Å². The highest BCUT2D eigenvalue weighted by Gasteiger charge is 2.16. The van der Waals surface area contributed by atoms with Crippen LogP contribution in [-0.2, 0) is 9.53 Å². The summed E-state index contributed by atoms with van der Waals surface area (Å²) in [5.74, 6) is -1.33. The van der Waals surface area contributed by atoms with E-state index in [0.29, 0.717) is 0 Å². The van der Waals surface area contributed by atoms with Gasteiger partial charge in [0.1, 0.15) is 11.6 Å². The van der Waals surface area contributed by atoms with E-state index in [1.165, 1.54) is 13.2 Å². The number of halogens is 2. The molecule has 0 spiro atoms. The van der Waals surface area contributed by atoms with Crippen molar-refractivity contribution in [3.63, 3.8) is 0 Å². The van der Waals surface area contributed by atoms with Crippen molar-refractivity contribution >= 4 is 27.7 Å². The number of carbonyl (C=O) groups is 2. The zero-order chi connectivity index (χ0) is 13.7. The highest BCUT2D eigenvalue weighted by atomic mass is 79.9. The Morgan fingerprint density at radius 3 is 2.61 bits per heavy atom. The van der Waals surface area contributed by atoms with Gasteiger partial charge >= 0.3 is 5.97 Å². The average Bonchev–Trinajstić information content (AvgIpc) is 2.38. The van der Waals surface area contributed by atoms with Gasteiger partial charge in [0.05, 0.1) is 17.1 Å². The molecule has 0 saturated carbocycles. The molecule has 98 valence electrons. The summed E-state index contributed by atoms with van der Waals surface area (Å²) in [6.07, 6.45) is 0.257. The third kappa shape index (κ3) is 3.53. The van der Waals surface area contributed by atoms with E-state index in [4.69, 9.17) is 4.74 Å². The first-order valence-electron chi connectivity index (χ1n) is 5.21. The number of methoxy groups -OCH3 is 1. The minimum atomic E-state index is -0.603. The predicted octanol–water partition coefficient (Wildman–Crippen LogP) is 2.73. The highest BCUT2D eigenvalue weighted by Crippen LogP contribution is 2.27. The molecule has 0 aliphatic heterocycles. The van der Waals surface area contributed by atoms with Gasteiger partial charge in [-0.25, -0.2) is 9.18 Å². The first kappa shape index (κ1) is 14.6. The molecule has 0 aliphatic rings. The smallest absolute Gasteiger partial charge is 0.343 e. The summed E-state index contributed by atoms with van der Waals surface area (Å²) < 4.78 is 23.0. The first-order valence-corrected chi connectivity index (χ1v) is 6.00. The van der Waals surface area contributed by atoms with Gasteiger partial charge in [0.25, 0.3) is 0 Å². The molecule has 0 atom stereocenters. The van der Waals surface area contributed by atoms with E-state index in [2.05, 4.69) is 20.7 Å². The van der Waals surface area contributed by atoms with E-state index in [1.54, 1.807) is 6.92 Å². The summed E-state index contributed by atoms with van der Waals surface area (Å²) in [4.78, 5) is 22.6. The van der Waals surface area contributed by atoms with Gasteiger partial charge in [0, 0.05) is 12.5 Å². The number of benzene rings is 1. The normalized spacial score (nSPS) is 10.0. The van der Waals surface area contributed by atoms with Crippen LogP contribution in [0.25, 0.3) is 0 Å². The molecular formula is C12H12BrFO4. The Labute approximate surface area is 112 Å². The van der Waals surface area contributed by atoms with Crippen LogP contribution in [-0.4, -0.2) is 25.5 Å². The van der Waals surface area contributed by atoms with Crippen molar-refractivity contribution in [3.8, 4) is 5.75 Å². The fraction of sp³-hybridized carbons (Fsp3) is 0.333. The summed E-state index contributed by atoms with van der Waals surface area (Å²) >= 11 is 3.00. The largest absolute Gasteiger partial charge is 0.481 e. The van der Waals surface area contributed by atoms with Crippen molar-refractivity contribution in [2.45, 2.75) is 13.3 Å². The van der Waals surface area contributed by atoms with Crippen molar-refractivity contribution < 1.29 is 23.5 Å². The average molecular weight is 319 g/mol. The molecule has 0 N–H and O–H groups in total. The van der Waals surface area contributed by atoms with Crippen LogP contribution in [0, 0.1) is 5.82 Å². The second kappa shape index (κ2) is 6.49. The van der Waals surface area contributed by atoms with E-state index in [9.17, 15) is 14.0 Å². The first-order chi connectivity index (χ1) is 8.49. The zero-order valence-corrected chi connectivity index (χ0v) is 11.5. The lowest BCUT2D eigenvalue weighted by Crippen LogP contribution is -2.14. The molecule has 0 radical (unpaired) electrons. The quantitative estimate of drug-likeness (QED) is 0.618. The molecule has 4 nitrogen and oxygen atoms in total. The van der Waals surface area contributed by atoms with Crippen LogP contribution in [0.5, 0.6) is 5.75 Å². The molecule has 0 aliphatic carbocycles. The lowest BCUT2D eigenvalue weighted by atomic mass is 10.1. The van der Waals surface area contributed by atoms with Gasteiger partial charge in [-0.05, 0) is 22.0 Å². The van der Waals surface area contributed by atoms with Crippen molar-refractivity contribution in [2.24, 2.45) is 0 Å². The van der Waals surface area contributed by atoms with Gasteiger partial charge in [-0.3, -0.25) is 4.79 Å². The number of ether oxygens (including phenoxy) is 2. The summed E-state index contributed by atoms with van der Waals surface area (Å²) in [5.41, 5.74) is 0.231. The van der Waals surface area contributed by atoms with Crippen LogP contribution in [0.1, 0.15) is 23.7 Å². The predicted molar refractivity (Wildman–Crippen MR) is 66.2 cm³/mol. The van der Waals surface area contributed by atoms with E-state index in [-0.39, 0.29) is 34.6 Å². The Morgan fingerprint density at radius 1 is 1.39 bits per heavy atom. The van der Waals surface area contributed by atoms with E-state index < -0.39 is 11.8 Å². The Balaban J connectivity index is 3.04. The summed E-state index contributed by atoms with van der Waals surface area (Å²) in [5, 5.41) is 0. The second-order valence-electron chi connectivity index (χ2n) is 3.40. The molecule has 1 aromatic rings. The number of hydrogen-bond donors (Lipinski definition) is 0. The SMILES string of the molecule is CCC(=O)c1cc(Br)c(F)cc1OCC(=O)OC. The Hall–Kier alpha value is -1.43. The van der Waals surface area contributed by atoms with Crippen LogP contribution in [0.15, 0.2) is 16.6 Å². The molecule has 0 amide bonds. The van der Waals surface area contributed by atoms with Crippen LogP contribution in [0.2, 0.25) is 0 Å². The summed E-state index contributed by atoms with van der Waals surface area (Å²) in [7, 11) is 1.21. The molecule has 0 saturated heterocycles. The van der Waals surface area contributed by atoms with Crippen molar-refractivity contribution in [3.05, 3.63) is 28.0 Å². The topological polar surface area (TPSA) is 52.6 Å². The molecule has 1 aromatic carbocycles. The molecule has 18 heavy (non-hydrogen) atoms. The molecule has 0 heterocycles. The van der Waals surface area contributed by atoms with E-state index >= 15 is 0 Å². The molecule has 6 heteroatoms. The van der Waals surface area contributed by atoms with Crippen molar-refractivity contribution in [2.75, 3.05) is 13.7 Å². The van der Waals surface area contributed by atoms with Crippen LogP contribution < -0.4 is 4.74 Å². The maximum Gasteiger partial charge on any atom is 0.343 e. The maximum absolute atomic E-state index is 13.4. The zero-order valence-electron chi connectivity index (χ0n) is 9.96. The lowest BCUT2D eigenvalue weighted by molar-refractivity contribution is -0.142. The van der Waals surface area contributed by atoms with Crippen LogP contribution in [0.3, 0.4) is 0 Å². The standard InChI is InChI=1S/C12H12BrFO4/c1-3-10(15)7-4-8(13)9(14)5-11(7)18-6-12(16)17-2/h4-5H,3,6H2,1-2H3. The number of esters is 1. The second-order valence-corrected chi connectivity index (χ2v) is 4.26. The molecule has 0 unspecified atom stereocenters. The Kier molecular flexibility index (Phi) is 5.27. The minimum absolute atomic E-state index is 0.0351. The Bertz CT molecular complexity index is 473. The van der Waals surface area contributed by atoms with E-state index in [1.807, 2.05) is 0 Å². The van der Waals surface area contributed by atoms with Crippen LogP contribution >= 0.6 is 15.9 Å². The third-order valence-corrected chi connectivity index (χ3v) is 2.82. The molecule has 0 aromatic heterocycles. The fourth-order valence-corrected chi connectivity index (χ4v) is 1.60. The third-order valence-electron chi connectivity index (χ3n) is 2.22. The van der Waals surface area contributed by atoms with Crippen molar-refractivity contribution in [1.29, 1.82) is 0 Å². The molecule has 0 fully saturated rings. The van der Waals surface area contributed by atoms with Gasteiger partial charge < -0.3 is 9.47 Å². The van der Waals surface area contributed by atoms with E-state index in [0.717, 1.165) is 6.07 Å². The maximum atomic E-state index is 13.4. The summed E-state index contributed by atoms with van der Waals surface area (Å²) in [6.45, 7) is 1.31. The van der Waals surface area contributed by atoms with Gasteiger partial charge in [0.15, 0.2) is 12.4 Å². The molecule has 0 bridgehead atoms. The summed E-state index contributed by atoms with van der Waals surface area (Å²) in [6, 6.07) is 2.41. The number of rotatable bonds is 5. The highest BCUT2D eigenvalue weighted by molar-refractivity contribution is 9.10. The van der Waals surface area contributed by atoms with Gasteiger partial charge in [-0.15, -0.1) is 0 Å². The monoisotopic (exact) mass is 318 g/mol. The number of hydrogen-bond acceptors (Lipinski definition) is 4. The van der Waals surface area contributed by atoms with Crippen molar-refractivity contribution in [1.82, 2.24) is 0 Å². The minimum Gasteiger partial charge on any atom is -0.481 e. The molecular weight excluding hydrogens is 307 g/mol. The number of carbonyl (C=O) groups excluding carboxylic acids is 2. The number of Topliss-reactive ketones (excluding diaryl/α,β-unsaturated/α-hetero) is 1. The van der Waals surface area contributed by atoms with Gasteiger partial charge in [0.2, 0.25) is 0 Å². The molecule has 1 rings (SSSR count). The fourth-order valence-electron chi connectivity index (χ4n) is 1.25. The number of ketones is 1. The lowest BCUT2D eigenvalue weighted by Gasteiger charge is -2.10. The van der Waals surface area contributed by atoms with Gasteiger partial charge in [-0.2, -0.15) is 0 Å².